The maximum atomic E-state index is 4.65. The van der Waals surface area contributed by atoms with Gasteiger partial charge >= 0.3 is 0 Å². The molecule has 4 heteroatoms. The summed E-state index contributed by atoms with van der Waals surface area (Å²) in [6, 6.07) is 18.3. The van der Waals surface area contributed by atoms with E-state index in [1.54, 1.807) is 0 Å². The van der Waals surface area contributed by atoms with Gasteiger partial charge < -0.3 is 0 Å². The van der Waals surface area contributed by atoms with E-state index in [-0.39, 0.29) is 0 Å². The molecule has 0 fully saturated rings. The molecule has 3 nitrogen and oxygen atoms in total. The van der Waals surface area contributed by atoms with E-state index in [2.05, 4.69) is 57.2 Å². The summed E-state index contributed by atoms with van der Waals surface area (Å²) in [5.41, 5.74) is 5.40. The number of halogens is 1. The molecule has 0 saturated carbocycles. The fourth-order valence-electron chi connectivity index (χ4n) is 2.47. The molecule has 3 rings (SSSR count). The van der Waals surface area contributed by atoms with Gasteiger partial charge in [-0.2, -0.15) is 5.10 Å². The zero-order valence-corrected chi connectivity index (χ0v) is 14.8. The summed E-state index contributed by atoms with van der Waals surface area (Å²) in [5, 5.41) is 4.65. The van der Waals surface area contributed by atoms with E-state index >= 15 is 0 Å². The second kappa shape index (κ2) is 6.92. The van der Waals surface area contributed by atoms with Gasteiger partial charge in [0, 0.05) is 21.9 Å². The van der Waals surface area contributed by atoms with Gasteiger partial charge in [0.05, 0.1) is 17.9 Å². The van der Waals surface area contributed by atoms with Gasteiger partial charge in [-0.15, -0.1) is 0 Å². The number of aliphatic imine (C=N–C) groups is 1. The molecule has 0 unspecified atom stereocenters. The van der Waals surface area contributed by atoms with Crippen LogP contribution in [0.2, 0.25) is 0 Å². The van der Waals surface area contributed by atoms with Gasteiger partial charge in [-0.1, -0.05) is 46.3 Å². The smallest absolute Gasteiger partial charge is 0.0684 e. The average molecular weight is 368 g/mol. The molecule has 0 radical (unpaired) electrons. The molecule has 0 spiro atoms. The van der Waals surface area contributed by atoms with Crippen molar-refractivity contribution in [3.8, 4) is 0 Å². The number of nitrogens with zero attached hydrogens (tertiary/aromatic N) is 3. The highest BCUT2D eigenvalue weighted by Crippen LogP contribution is 2.18. The van der Waals surface area contributed by atoms with Gasteiger partial charge in [-0.05, 0) is 43.7 Å². The second-order valence-corrected chi connectivity index (χ2v) is 6.38. The standard InChI is InChI=1S/C19H18BrN3/c1-14-19(12-21-18-10-8-17(20)9-11-18)15(2)23(22-14)13-16-6-4-3-5-7-16/h3-12H,13H2,1-2H3. The van der Waals surface area contributed by atoms with E-state index in [1.807, 2.05) is 48.2 Å². The molecule has 0 N–H and O–H groups in total. The lowest BCUT2D eigenvalue weighted by molar-refractivity contribution is 0.659. The predicted molar refractivity (Wildman–Crippen MR) is 98.6 cm³/mol. The molecule has 0 aliphatic carbocycles. The monoisotopic (exact) mass is 367 g/mol. The molecule has 116 valence electrons. The maximum Gasteiger partial charge on any atom is 0.0684 e. The fraction of sp³-hybridized carbons (Fsp3) is 0.158. The summed E-state index contributed by atoms with van der Waals surface area (Å²) in [6.45, 7) is 4.89. The zero-order valence-electron chi connectivity index (χ0n) is 13.2. The molecular weight excluding hydrogens is 350 g/mol. The van der Waals surface area contributed by atoms with Crippen molar-refractivity contribution in [3.05, 3.63) is 81.6 Å². The van der Waals surface area contributed by atoms with Gasteiger partial charge in [-0.3, -0.25) is 9.67 Å². The van der Waals surface area contributed by atoms with Crippen LogP contribution in [0.15, 0.2) is 64.1 Å². The first-order valence-electron chi connectivity index (χ1n) is 7.51. The van der Waals surface area contributed by atoms with Crippen molar-refractivity contribution >= 4 is 27.8 Å². The summed E-state index contributed by atoms with van der Waals surface area (Å²) in [5.74, 6) is 0. The van der Waals surface area contributed by atoms with Crippen LogP contribution < -0.4 is 0 Å². The lowest BCUT2D eigenvalue weighted by Gasteiger charge is -2.04. The summed E-state index contributed by atoms with van der Waals surface area (Å²) in [4.78, 5) is 4.56. The summed E-state index contributed by atoms with van der Waals surface area (Å²) < 4.78 is 3.09. The van der Waals surface area contributed by atoms with Crippen LogP contribution in [0, 0.1) is 13.8 Å². The molecular formula is C19H18BrN3. The van der Waals surface area contributed by atoms with Crippen LogP contribution in [0.25, 0.3) is 0 Å². The molecule has 0 atom stereocenters. The molecule has 2 aromatic carbocycles. The Bertz CT molecular complexity index is 818. The average Bonchev–Trinajstić information content (AvgIpc) is 2.82. The van der Waals surface area contributed by atoms with Gasteiger partial charge in [0.15, 0.2) is 0 Å². The predicted octanol–water partition coefficient (Wildman–Crippen LogP) is 5.06. The quantitative estimate of drug-likeness (QED) is 0.592. The minimum Gasteiger partial charge on any atom is -0.265 e. The van der Waals surface area contributed by atoms with E-state index in [9.17, 15) is 0 Å². The Hall–Kier alpha value is -2.20. The molecule has 0 amide bonds. The lowest BCUT2D eigenvalue weighted by Crippen LogP contribution is -2.04. The molecule has 0 saturated heterocycles. The third kappa shape index (κ3) is 3.77. The van der Waals surface area contributed by atoms with E-state index in [0.717, 1.165) is 33.7 Å². The minimum atomic E-state index is 0.777. The largest absolute Gasteiger partial charge is 0.265 e. The number of aromatic nitrogens is 2. The molecule has 1 aromatic heterocycles. The zero-order chi connectivity index (χ0) is 16.2. The summed E-state index contributed by atoms with van der Waals surface area (Å²) in [7, 11) is 0. The minimum absolute atomic E-state index is 0.777. The number of benzene rings is 2. The number of hydrogen-bond donors (Lipinski definition) is 0. The molecule has 0 bridgehead atoms. The topological polar surface area (TPSA) is 30.2 Å². The Labute approximate surface area is 144 Å². The molecule has 3 aromatic rings. The van der Waals surface area contributed by atoms with Gasteiger partial charge in [-0.25, -0.2) is 0 Å². The molecule has 23 heavy (non-hydrogen) atoms. The number of rotatable bonds is 4. The normalized spacial score (nSPS) is 11.3. The van der Waals surface area contributed by atoms with Crippen LogP contribution in [-0.4, -0.2) is 16.0 Å². The highest BCUT2D eigenvalue weighted by molar-refractivity contribution is 9.10. The van der Waals surface area contributed by atoms with Crippen LogP contribution in [-0.2, 0) is 6.54 Å². The van der Waals surface area contributed by atoms with Gasteiger partial charge in [0.1, 0.15) is 0 Å². The van der Waals surface area contributed by atoms with Gasteiger partial charge in [0.2, 0.25) is 0 Å². The Morgan fingerprint density at radius 3 is 2.43 bits per heavy atom. The summed E-state index contributed by atoms with van der Waals surface area (Å²) in [6.07, 6.45) is 1.91. The van der Waals surface area contributed by atoms with Crippen molar-refractivity contribution in [1.82, 2.24) is 9.78 Å². The first-order valence-corrected chi connectivity index (χ1v) is 8.30. The van der Waals surface area contributed by atoms with Crippen molar-refractivity contribution in [1.29, 1.82) is 0 Å². The Morgan fingerprint density at radius 2 is 1.74 bits per heavy atom. The van der Waals surface area contributed by atoms with E-state index < -0.39 is 0 Å². The lowest BCUT2D eigenvalue weighted by atomic mass is 10.2. The fourth-order valence-corrected chi connectivity index (χ4v) is 2.74. The van der Waals surface area contributed by atoms with Crippen molar-refractivity contribution < 1.29 is 0 Å². The third-order valence-corrected chi connectivity index (χ3v) is 4.31. The van der Waals surface area contributed by atoms with Crippen LogP contribution in [0.5, 0.6) is 0 Å². The Balaban J connectivity index is 1.84. The van der Waals surface area contributed by atoms with Crippen molar-refractivity contribution in [2.75, 3.05) is 0 Å². The SMILES string of the molecule is Cc1nn(Cc2ccccc2)c(C)c1C=Nc1ccc(Br)cc1. The highest BCUT2D eigenvalue weighted by Gasteiger charge is 2.09. The van der Waals surface area contributed by atoms with Crippen LogP contribution in [0.3, 0.4) is 0 Å². The van der Waals surface area contributed by atoms with Crippen molar-refractivity contribution in [2.24, 2.45) is 4.99 Å². The van der Waals surface area contributed by atoms with Gasteiger partial charge in [0.25, 0.3) is 0 Å². The number of aryl methyl sites for hydroxylation is 1. The Kier molecular flexibility index (Phi) is 4.72. The number of hydrogen-bond acceptors (Lipinski definition) is 2. The molecule has 0 aliphatic heterocycles. The Morgan fingerprint density at radius 1 is 1.04 bits per heavy atom. The van der Waals surface area contributed by atoms with Crippen LogP contribution in [0.4, 0.5) is 5.69 Å². The van der Waals surface area contributed by atoms with Crippen molar-refractivity contribution in [3.63, 3.8) is 0 Å². The van der Waals surface area contributed by atoms with Crippen molar-refractivity contribution in [2.45, 2.75) is 20.4 Å². The third-order valence-electron chi connectivity index (χ3n) is 3.78. The van der Waals surface area contributed by atoms with E-state index in [4.69, 9.17) is 0 Å². The molecule has 0 aliphatic rings. The second-order valence-electron chi connectivity index (χ2n) is 5.46. The first kappa shape index (κ1) is 15.7. The highest BCUT2D eigenvalue weighted by atomic mass is 79.9. The summed E-state index contributed by atoms with van der Waals surface area (Å²) >= 11 is 3.43. The van der Waals surface area contributed by atoms with Crippen LogP contribution in [0.1, 0.15) is 22.5 Å². The maximum absolute atomic E-state index is 4.65. The van der Waals surface area contributed by atoms with Crippen LogP contribution >= 0.6 is 15.9 Å². The molecule has 1 heterocycles. The first-order chi connectivity index (χ1) is 11.1. The van der Waals surface area contributed by atoms with E-state index in [0.29, 0.717) is 0 Å². The van der Waals surface area contributed by atoms with E-state index in [1.165, 1.54) is 5.56 Å².